The highest BCUT2D eigenvalue weighted by Gasteiger charge is 2.50. The molecule has 1 unspecified atom stereocenters. The zero-order valence-electron chi connectivity index (χ0n) is 7.98. The van der Waals surface area contributed by atoms with Crippen LogP contribution in [0.5, 0.6) is 0 Å². The van der Waals surface area contributed by atoms with Gasteiger partial charge in [-0.25, -0.2) is 0 Å². The van der Waals surface area contributed by atoms with Gasteiger partial charge in [0.25, 0.3) is 0 Å². The van der Waals surface area contributed by atoms with Gasteiger partial charge in [-0.05, 0) is 26.7 Å². The molecule has 0 bridgehead atoms. The normalized spacial score (nSPS) is 37.5. The van der Waals surface area contributed by atoms with E-state index in [1.165, 1.54) is 12.8 Å². The minimum absolute atomic E-state index is 0.579. The Morgan fingerprint density at radius 1 is 1.55 bits per heavy atom. The van der Waals surface area contributed by atoms with Crippen molar-refractivity contribution < 1.29 is 0 Å². The van der Waals surface area contributed by atoms with Gasteiger partial charge in [0.1, 0.15) is 0 Å². The van der Waals surface area contributed by atoms with Crippen LogP contribution >= 0.6 is 11.8 Å². The summed E-state index contributed by atoms with van der Waals surface area (Å²) in [5, 5.41) is 0.826. The molecule has 1 aliphatic rings. The Kier molecular flexibility index (Phi) is 2.69. The van der Waals surface area contributed by atoms with Crippen LogP contribution in [-0.4, -0.2) is 10.00 Å². The molecule has 0 N–H and O–H groups in total. The van der Waals surface area contributed by atoms with E-state index in [9.17, 15) is 0 Å². The summed E-state index contributed by atoms with van der Waals surface area (Å²) in [6, 6.07) is 0. The van der Waals surface area contributed by atoms with Crippen LogP contribution in [0.4, 0.5) is 0 Å². The number of rotatable bonds is 3. The Bertz CT molecular complexity index is 172. The summed E-state index contributed by atoms with van der Waals surface area (Å²) in [7, 11) is 0. The van der Waals surface area contributed by atoms with E-state index in [1.54, 1.807) is 5.57 Å². The topological polar surface area (TPSA) is 0 Å². The molecular weight excluding hydrogens is 152 g/mol. The number of hydrogen-bond acceptors (Lipinski definition) is 1. The minimum Gasteiger partial charge on any atom is -0.145 e. The van der Waals surface area contributed by atoms with Crippen molar-refractivity contribution in [2.24, 2.45) is 0 Å². The molecule has 0 spiro atoms. The van der Waals surface area contributed by atoms with E-state index in [0.29, 0.717) is 4.75 Å². The van der Waals surface area contributed by atoms with Gasteiger partial charge >= 0.3 is 0 Å². The molecule has 0 nitrogen and oxygen atoms in total. The van der Waals surface area contributed by atoms with Crippen molar-refractivity contribution >= 4 is 11.8 Å². The summed E-state index contributed by atoms with van der Waals surface area (Å²) in [5.74, 6) is 0. The molecule has 1 rings (SSSR count). The molecule has 11 heavy (non-hydrogen) atoms. The Balaban J connectivity index is 2.49. The molecule has 1 heterocycles. The number of thioether (sulfide) groups is 1. The van der Waals surface area contributed by atoms with Gasteiger partial charge in [0.05, 0.1) is 0 Å². The summed E-state index contributed by atoms with van der Waals surface area (Å²) in [4.78, 5) is 0. The second-order valence-electron chi connectivity index (χ2n) is 3.52. The smallest absolute Gasteiger partial charge is 0.0404 e. The van der Waals surface area contributed by atoms with Gasteiger partial charge in [0.15, 0.2) is 0 Å². The molecule has 1 aliphatic heterocycles. The van der Waals surface area contributed by atoms with Crippen LogP contribution in [-0.2, 0) is 0 Å². The Labute approximate surface area is 74.5 Å². The predicted octanol–water partition coefficient (Wildman–Crippen LogP) is 3.63. The summed E-state index contributed by atoms with van der Waals surface area (Å²) in [6.45, 7) is 9.13. The van der Waals surface area contributed by atoms with Crippen LogP contribution in [0.1, 0.15) is 40.5 Å². The van der Waals surface area contributed by atoms with E-state index < -0.39 is 0 Å². The lowest BCUT2D eigenvalue weighted by Gasteiger charge is -2.03. The van der Waals surface area contributed by atoms with Crippen molar-refractivity contribution in [2.45, 2.75) is 50.5 Å². The Hall–Kier alpha value is 0.0900. The first kappa shape index (κ1) is 9.18. The maximum absolute atomic E-state index is 2.37. The first-order valence-corrected chi connectivity index (χ1v) is 5.36. The van der Waals surface area contributed by atoms with E-state index in [0.717, 1.165) is 5.25 Å². The van der Waals surface area contributed by atoms with Gasteiger partial charge in [0, 0.05) is 10.00 Å². The average Bonchev–Trinajstić information content (AvgIpc) is 2.65. The maximum atomic E-state index is 2.37. The van der Waals surface area contributed by atoms with Crippen molar-refractivity contribution in [1.29, 1.82) is 0 Å². The van der Waals surface area contributed by atoms with Crippen molar-refractivity contribution in [2.75, 3.05) is 0 Å². The highest BCUT2D eigenvalue weighted by Crippen LogP contribution is 2.58. The fraction of sp³-hybridized carbons (Fsp3) is 0.800. The van der Waals surface area contributed by atoms with Crippen molar-refractivity contribution in [3.63, 3.8) is 0 Å². The third-order valence-corrected chi connectivity index (χ3v) is 4.46. The summed E-state index contributed by atoms with van der Waals surface area (Å²) < 4.78 is 0.579. The quantitative estimate of drug-likeness (QED) is 0.460. The molecule has 0 aromatic heterocycles. The molecule has 1 fully saturated rings. The standard InChI is InChI=1S/C10H18S/c1-5-7-8(3)9-10(4,6-2)11-9/h7,9H,5-6H2,1-4H3/t9-,10?/m0/s1. The van der Waals surface area contributed by atoms with Gasteiger partial charge in [-0.15, -0.1) is 11.8 Å². The molecule has 64 valence electrons. The second-order valence-corrected chi connectivity index (χ2v) is 5.16. The van der Waals surface area contributed by atoms with Crippen LogP contribution < -0.4 is 0 Å². The van der Waals surface area contributed by atoms with Crippen LogP contribution in [0.15, 0.2) is 11.6 Å². The zero-order valence-corrected chi connectivity index (χ0v) is 8.79. The largest absolute Gasteiger partial charge is 0.145 e. The molecule has 2 atom stereocenters. The van der Waals surface area contributed by atoms with Crippen LogP contribution in [0.3, 0.4) is 0 Å². The SMILES string of the molecule is CCC=C(C)[C@@H]1SC1(C)CC. The van der Waals surface area contributed by atoms with Crippen LogP contribution in [0.2, 0.25) is 0 Å². The number of allylic oxidation sites excluding steroid dienone is 1. The average molecular weight is 170 g/mol. The molecule has 0 amide bonds. The lowest BCUT2D eigenvalue weighted by Crippen LogP contribution is -2.07. The predicted molar refractivity (Wildman–Crippen MR) is 54.1 cm³/mol. The fourth-order valence-electron chi connectivity index (χ4n) is 1.51. The van der Waals surface area contributed by atoms with E-state index in [2.05, 4.69) is 45.5 Å². The number of hydrogen-bond donors (Lipinski definition) is 0. The van der Waals surface area contributed by atoms with Crippen molar-refractivity contribution in [3.8, 4) is 0 Å². The van der Waals surface area contributed by atoms with E-state index in [-0.39, 0.29) is 0 Å². The Morgan fingerprint density at radius 3 is 2.55 bits per heavy atom. The molecule has 1 saturated heterocycles. The first-order valence-electron chi connectivity index (χ1n) is 4.48. The monoisotopic (exact) mass is 170 g/mol. The van der Waals surface area contributed by atoms with E-state index in [4.69, 9.17) is 0 Å². The van der Waals surface area contributed by atoms with Crippen molar-refractivity contribution in [3.05, 3.63) is 11.6 Å². The van der Waals surface area contributed by atoms with E-state index in [1.807, 2.05) is 0 Å². The highest BCUT2D eigenvalue weighted by atomic mass is 32.2. The molecule has 0 saturated carbocycles. The lowest BCUT2D eigenvalue weighted by atomic mass is 9.99. The molecule has 0 aromatic carbocycles. The lowest BCUT2D eigenvalue weighted by molar-refractivity contribution is 0.702. The van der Waals surface area contributed by atoms with Gasteiger partial charge in [-0.3, -0.25) is 0 Å². The molecular formula is C10H18S. The van der Waals surface area contributed by atoms with Gasteiger partial charge in [-0.1, -0.05) is 25.5 Å². The second kappa shape index (κ2) is 3.22. The van der Waals surface area contributed by atoms with Gasteiger partial charge in [-0.2, -0.15) is 0 Å². The third kappa shape index (κ3) is 1.81. The third-order valence-electron chi connectivity index (χ3n) is 2.53. The van der Waals surface area contributed by atoms with Crippen molar-refractivity contribution in [1.82, 2.24) is 0 Å². The summed E-state index contributed by atoms with van der Waals surface area (Å²) in [5.41, 5.74) is 1.59. The minimum atomic E-state index is 0.579. The van der Waals surface area contributed by atoms with Gasteiger partial charge in [0.2, 0.25) is 0 Å². The molecule has 0 aliphatic carbocycles. The maximum Gasteiger partial charge on any atom is 0.0404 e. The Morgan fingerprint density at radius 2 is 2.18 bits per heavy atom. The summed E-state index contributed by atoms with van der Waals surface area (Å²) >= 11 is 2.12. The van der Waals surface area contributed by atoms with Crippen LogP contribution in [0, 0.1) is 0 Å². The van der Waals surface area contributed by atoms with Gasteiger partial charge < -0.3 is 0 Å². The summed E-state index contributed by atoms with van der Waals surface area (Å²) in [6.07, 6.45) is 4.85. The molecule has 0 aromatic rings. The van der Waals surface area contributed by atoms with E-state index >= 15 is 0 Å². The fourth-order valence-corrected chi connectivity index (χ4v) is 2.78. The zero-order chi connectivity index (χ0) is 8.48. The first-order chi connectivity index (χ1) is 5.14. The van der Waals surface area contributed by atoms with Crippen LogP contribution in [0.25, 0.3) is 0 Å². The highest BCUT2D eigenvalue weighted by molar-refractivity contribution is 8.08. The molecule has 0 radical (unpaired) electrons. The molecule has 1 heteroatoms.